The van der Waals surface area contributed by atoms with Crippen molar-refractivity contribution in [2.75, 3.05) is 0 Å². The quantitative estimate of drug-likeness (QED) is 0.675. The van der Waals surface area contributed by atoms with Gasteiger partial charge in [-0.3, -0.25) is 0 Å². The zero-order chi connectivity index (χ0) is 16.8. The van der Waals surface area contributed by atoms with Crippen molar-refractivity contribution in [1.29, 1.82) is 5.26 Å². The Morgan fingerprint density at radius 3 is 2.58 bits per heavy atom. The van der Waals surface area contributed by atoms with Crippen molar-refractivity contribution in [3.05, 3.63) is 83.2 Å². The number of ether oxygens (including phenoxy) is 1. The number of carbonyl (C=O) groups excluding carboxylic acids is 1. The Balaban J connectivity index is 1.57. The lowest BCUT2D eigenvalue weighted by Gasteiger charge is -2.02. The summed E-state index contributed by atoms with van der Waals surface area (Å²) in [5, 5.41) is 16.8. The van der Waals surface area contributed by atoms with Gasteiger partial charge < -0.3 is 4.74 Å². The first-order valence-electron chi connectivity index (χ1n) is 7.35. The average Bonchev–Trinajstić information content (AvgIpc) is 3.08. The molecule has 118 valence electrons. The molecule has 6 heteroatoms. The monoisotopic (exact) mass is 318 g/mol. The molecular weight excluding hydrogens is 304 g/mol. The summed E-state index contributed by atoms with van der Waals surface area (Å²) < 4.78 is 6.91. The predicted octanol–water partition coefficient (Wildman–Crippen LogP) is 2.56. The number of nitriles is 1. The summed E-state index contributed by atoms with van der Waals surface area (Å²) in [5.74, 6) is -0.461. The number of hydrogen-bond donors (Lipinski definition) is 0. The highest BCUT2D eigenvalue weighted by atomic mass is 16.5. The van der Waals surface area contributed by atoms with Gasteiger partial charge in [0.05, 0.1) is 29.9 Å². The molecule has 6 nitrogen and oxygen atoms in total. The molecule has 0 N–H and O–H groups in total. The standard InChI is InChI=1S/C18H14N4O2/c19-10-14-6-8-16(9-7-14)18(23)24-13-17-12-22(21-20-17)11-15-4-2-1-3-5-15/h1-9,12H,11,13H2. The van der Waals surface area contributed by atoms with E-state index in [2.05, 4.69) is 10.3 Å². The molecule has 0 aliphatic heterocycles. The summed E-state index contributed by atoms with van der Waals surface area (Å²) >= 11 is 0. The van der Waals surface area contributed by atoms with Gasteiger partial charge in [0.25, 0.3) is 0 Å². The molecule has 1 aromatic heterocycles. The number of hydrogen-bond acceptors (Lipinski definition) is 5. The maximum atomic E-state index is 12.0. The second kappa shape index (κ2) is 7.20. The van der Waals surface area contributed by atoms with E-state index in [0.717, 1.165) is 5.56 Å². The van der Waals surface area contributed by atoms with Crippen LogP contribution in [0.2, 0.25) is 0 Å². The van der Waals surface area contributed by atoms with E-state index in [1.54, 1.807) is 35.1 Å². The summed E-state index contributed by atoms with van der Waals surface area (Å²) in [5.41, 5.74) is 2.58. The Kier molecular flexibility index (Phi) is 4.63. The van der Waals surface area contributed by atoms with Crippen molar-refractivity contribution in [1.82, 2.24) is 15.0 Å². The van der Waals surface area contributed by atoms with Gasteiger partial charge in [-0.15, -0.1) is 5.10 Å². The summed E-state index contributed by atoms with van der Waals surface area (Å²) in [7, 11) is 0. The van der Waals surface area contributed by atoms with Gasteiger partial charge in [-0.2, -0.15) is 5.26 Å². The number of nitrogens with zero attached hydrogens (tertiary/aromatic N) is 4. The van der Waals surface area contributed by atoms with E-state index >= 15 is 0 Å². The number of aromatic nitrogens is 3. The van der Waals surface area contributed by atoms with Crippen LogP contribution in [0.4, 0.5) is 0 Å². The first kappa shape index (κ1) is 15.4. The molecule has 24 heavy (non-hydrogen) atoms. The Labute approximate surface area is 138 Å². The minimum absolute atomic E-state index is 0.0492. The van der Waals surface area contributed by atoms with Crippen LogP contribution in [0.25, 0.3) is 0 Å². The summed E-state index contributed by atoms with van der Waals surface area (Å²) in [6, 6.07) is 18.2. The van der Waals surface area contributed by atoms with E-state index in [4.69, 9.17) is 10.00 Å². The van der Waals surface area contributed by atoms with Crippen molar-refractivity contribution in [2.45, 2.75) is 13.2 Å². The molecule has 0 atom stereocenters. The lowest BCUT2D eigenvalue weighted by atomic mass is 10.1. The van der Waals surface area contributed by atoms with Crippen molar-refractivity contribution in [3.63, 3.8) is 0 Å². The first-order valence-corrected chi connectivity index (χ1v) is 7.35. The molecule has 0 fully saturated rings. The fraction of sp³-hybridized carbons (Fsp3) is 0.111. The van der Waals surface area contributed by atoms with E-state index in [1.807, 2.05) is 36.4 Å². The lowest BCUT2D eigenvalue weighted by Crippen LogP contribution is -2.05. The van der Waals surface area contributed by atoms with Crippen LogP contribution in [0.5, 0.6) is 0 Å². The largest absolute Gasteiger partial charge is 0.455 e. The van der Waals surface area contributed by atoms with Gasteiger partial charge in [0.2, 0.25) is 0 Å². The smallest absolute Gasteiger partial charge is 0.338 e. The van der Waals surface area contributed by atoms with E-state index in [-0.39, 0.29) is 6.61 Å². The zero-order valence-electron chi connectivity index (χ0n) is 12.8. The summed E-state index contributed by atoms with van der Waals surface area (Å²) in [4.78, 5) is 12.0. The second-order valence-electron chi connectivity index (χ2n) is 5.16. The molecule has 2 aromatic carbocycles. The number of carbonyl (C=O) groups is 1. The van der Waals surface area contributed by atoms with E-state index < -0.39 is 5.97 Å². The van der Waals surface area contributed by atoms with E-state index in [0.29, 0.717) is 23.4 Å². The van der Waals surface area contributed by atoms with Crippen molar-refractivity contribution >= 4 is 5.97 Å². The average molecular weight is 318 g/mol. The van der Waals surface area contributed by atoms with E-state index in [9.17, 15) is 4.79 Å². The van der Waals surface area contributed by atoms with Crippen LogP contribution in [-0.2, 0) is 17.9 Å². The molecule has 0 radical (unpaired) electrons. The number of esters is 1. The topological polar surface area (TPSA) is 80.8 Å². The molecule has 0 aliphatic carbocycles. The number of benzene rings is 2. The molecule has 0 amide bonds. The molecule has 0 saturated heterocycles. The lowest BCUT2D eigenvalue weighted by molar-refractivity contribution is 0.0467. The molecule has 0 bridgehead atoms. The highest BCUT2D eigenvalue weighted by Crippen LogP contribution is 2.07. The molecular formula is C18H14N4O2. The van der Waals surface area contributed by atoms with Crippen LogP contribution >= 0.6 is 0 Å². The Morgan fingerprint density at radius 1 is 1.12 bits per heavy atom. The van der Waals surface area contributed by atoms with Crippen molar-refractivity contribution in [3.8, 4) is 6.07 Å². The highest BCUT2D eigenvalue weighted by molar-refractivity contribution is 5.89. The fourth-order valence-electron chi connectivity index (χ4n) is 2.16. The normalized spacial score (nSPS) is 10.1. The zero-order valence-corrected chi connectivity index (χ0v) is 12.8. The molecule has 0 unspecified atom stereocenters. The predicted molar refractivity (Wildman–Crippen MR) is 85.8 cm³/mol. The van der Waals surface area contributed by atoms with Crippen LogP contribution in [0.15, 0.2) is 60.8 Å². The highest BCUT2D eigenvalue weighted by Gasteiger charge is 2.09. The minimum atomic E-state index is -0.461. The van der Waals surface area contributed by atoms with Gasteiger partial charge in [0, 0.05) is 0 Å². The van der Waals surface area contributed by atoms with Gasteiger partial charge in [-0.1, -0.05) is 35.5 Å². The van der Waals surface area contributed by atoms with Crippen LogP contribution in [0.1, 0.15) is 27.2 Å². The summed E-state index contributed by atoms with van der Waals surface area (Å²) in [6.45, 7) is 0.658. The second-order valence-corrected chi connectivity index (χ2v) is 5.16. The third-order valence-corrected chi connectivity index (χ3v) is 3.37. The Morgan fingerprint density at radius 2 is 1.88 bits per heavy atom. The molecule has 0 aliphatic rings. The molecule has 0 saturated carbocycles. The van der Waals surface area contributed by atoms with E-state index in [1.165, 1.54) is 0 Å². The van der Waals surface area contributed by atoms with Gasteiger partial charge in [-0.25, -0.2) is 9.48 Å². The first-order chi connectivity index (χ1) is 11.7. The van der Waals surface area contributed by atoms with Gasteiger partial charge in [-0.05, 0) is 29.8 Å². The third kappa shape index (κ3) is 3.84. The van der Waals surface area contributed by atoms with Gasteiger partial charge >= 0.3 is 5.97 Å². The van der Waals surface area contributed by atoms with Crippen LogP contribution in [0, 0.1) is 11.3 Å². The van der Waals surface area contributed by atoms with Gasteiger partial charge in [0.15, 0.2) is 0 Å². The number of rotatable bonds is 5. The molecule has 1 heterocycles. The van der Waals surface area contributed by atoms with Crippen molar-refractivity contribution < 1.29 is 9.53 Å². The maximum absolute atomic E-state index is 12.0. The maximum Gasteiger partial charge on any atom is 0.338 e. The minimum Gasteiger partial charge on any atom is -0.455 e. The van der Waals surface area contributed by atoms with Crippen LogP contribution < -0.4 is 0 Å². The molecule has 3 rings (SSSR count). The van der Waals surface area contributed by atoms with Gasteiger partial charge in [0.1, 0.15) is 12.3 Å². The summed E-state index contributed by atoms with van der Waals surface area (Å²) in [6.07, 6.45) is 1.75. The van der Waals surface area contributed by atoms with Crippen LogP contribution in [-0.4, -0.2) is 21.0 Å². The van der Waals surface area contributed by atoms with Crippen LogP contribution in [0.3, 0.4) is 0 Å². The third-order valence-electron chi connectivity index (χ3n) is 3.37. The molecule has 0 spiro atoms. The Bertz CT molecular complexity index is 864. The van der Waals surface area contributed by atoms with Crippen molar-refractivity contribution in [2.24, 2.45) is 0 Å². The fourth-order valence-corrected chi connectivity index (χ4v) is 2.16. The SMILES string of the molecule is N#Cc1ccc(C(=O)OCc2cn(Cc3ccccc3)nn2)cc1. The Hall–Kier alpha value is -3.46. The molecule has 3 aromatic rings.